The number of nitrogens with one attached hydrogen (secondary N) is 1. The quantitative estimate of drug-likeness (QED) is 0.896. The van der Waals surface area contributed by atoms with Gasteiger partial charge in [0.25, 0.3) is 0 Å². The Hall–Kier alpha value is -1.17. The molecule has 0 aliphatic rings. The highest BCUT2D eigenvalue weighted by molar-refractivity contribution is 9.10. The first-order valence-corrected chi connectivity index (χ1v) is 8.56. The summed E-state index contributed by atoms with van der Waals surface area (Å²) in [6.07, 6.45) is 0.680. The summed E-state index contributed by atoms with van der Waals surface area (Å²) in [5.74, 6) is 0. The normalized spacial score (nSPS) is 11.5. The highest BCUT2D eigenvalue weighted by Crippen LogP contribution is 2.16. The van der Waals surface area contributed by atoms with Crippen molar-refractivity contribution >= 4 is 26.0 Å². The second-order valence-electron chi connectivity index (χ2n) is 4.53. The van der Waals surface area contributed by atoms with Crippen LogP contribution in [0.1, 0.15) is 11.1 Å². The fraction of sp³-hybridized carbons (Fsp3) is 0.200. The number of hydrogen-bond donors (Lipinski definition) is 1. The van der Waals surface area contributed by atoms with Crippen LogP contribution >= 0.6 is 15.9 Å². The molecule has 0 heterocycles. The average molecular weight is 354 g/mol. The molecule has 5 heteroatoms. The van der Waals surface area contributed by atoms with Gasteiger partial charge in [0.05, 0.1) is 4.90 Å². The monoisotopic (exact) mass is 353 g/mol. The third-order valence-electron chi connectivity index (χ3n) is 3.05. The Labute approximate surface area is 128 Å². The topological polar surface area (TPSA) is 46.2 Å². The van der Waals surface area contributed by atoms with Gasteiger partial charge in [-0.3, -0.25) is 0 Å². The minimum atomic E-state index is -3.45. The zero-order chi connectivity index (χ0) is 14.6. The van der Waals surface area contributed by atoms with Crippen LogP contribution in [0, 0.1) is 6.92 Å². The van der Waals surface area contributed by atoms with Crippen LogP contribution in [-0.4, -0.2) is 15.0 Å². The van der Waals surface area contributed by atoms with Gasteiger partial charge in [0.15, 0.2) is 0 Å². The molecule has 0 saturated carbocycles. The van der Waals surface area contributed by atoms with Crippen LogP contribution < -0.4 is 4.72 Å². The molecule has 0 amide bonds. The Morgan fingerprint density at radius 3 is 2.55 bits per heavy atom. The molecule has 3 nitrogen and oxygen atoms in total. The molecule has 0 radical (unpaired) electrons. The Morgan fingerprint density at radius 2 is 1.85 bits per heavy atom. The Morgan fingerprint density at radius 1 is 1.10 bits per heavy atom. The van der Waals surface area contributed by atoms with Crippen molar-refractivity contribution in [3.63, 3.8) is 0 Å². The van der Waals surface area contributed by atoms with Crippen molar-refractivity contribution in [1.29, 1.82) is 0 Å². The lowest BCUT2D eigenvalue weighted by Crippen LogP contribution is -2.26. The minimum Gasteiger partial charge on any atom is -0.211 e. The van der Waals surface area contributed by atoms with Crippen LogP contribution in [0.2, 0.25) is 0 Å². The average Bonchev–Trinajstić information content (AvgIpc) is 2.41. The molecule has 0 aliphatic carbocycles. The maximum atomic E-state index is 12.1. The van der Waals surface area contributed by atoms with Crippen molar-refractivity contribution in [3.05, 3.63) is 64.1 Å². The number of halogens is 1. The van der Waals surface area contributed by atoms with Gasteiger partial charge >= 0.3 is 0 Å². The molecule has 0 saturated heterocycles. The lowest BCUT2D eigenvalue weighted by atomic mass is 10.1. The van der Waals surface area contributed by atoms with Gasteiger partial charge in [0.2, 0.25) is 10.0 Å². The van der Waals surface area contributed by atoms with Crippen LogP contribution in [0.3, 0.4) is 0 Å². The first-order valence-electron chi connectivity index (χ1n) is 6.29. The molecule has 2 aromatic rings. The van der Waals surface area contributed by atoms with Gasteiger partial charge in [-0.1, -0.05) is 46.3 Å². The molecule has 106 valence electrons. The molecular weight excluding hydrogens is 338 g/mol. The summed E-state index contributed by atoms with van der Waals surface area (Å²) in [6.45, 7) is 2.41. The molecule has 1 N–H and O–H groups in total. The third-order valence-corrected chi connectivity index (χ3v) is 5.01. The summed E-state index contributed by atoms with van der Waals surface area (Å²) >= 11 is 3.28. The van der Waals surface area contributed by atoms with Gasteiger partial charge in [0.1, 0.15) is 0 Å². The minimum absolute atomic E-state index is 0.275. The fourth-order valence-electron chi connectivity index (χ4n) is 1.93. The molecule has 0 bridgehead atoms. The number of hydrogen-bond acceptors (Lipinski definition) is 2. The zero-order valence-corrected chi connectivity index (χ0v) is 13.5. The maximum absolute atomic E-state index is 12.1. The molecule has 0 spiro atoms. The van der Waals surface area contributed by atoms with E-state index in [1.54, 1.807) is 24.3 Å². The van der Waals surface area contributed by atoms with Crippen molar-refractivity contribution in [3.8, 4) is 0 Å². The maximum Gasteiger partial charge on any atom is 0.240 e. The zero-order valence-electron chi connectivity index (χ0n) is 11.1. The van der Waals surface area contributed by atoms with Gasteiger partial charge in [-0.25, -0.2) is 13.1 Å². The highest BCUT2D eigenvalue weighted by Gasteiger charge is 2.13. The molecule has 20 heavy (non-hydrogen) atoms. The number of sulfonamides is 1. The molecule has 0 aromatic heterocycles. The summed E-state index contributed by atoms with van der Waals surface area (Å²) < 4.78 is 27.6. The standard InChI is InChI=1S/C15H16BrNO2S/c1-12-5-2-3-6-13(12)9-10-17-20(18,19)15-8-4-7-14(16)11-15/h2-8,11,17H,9-10H2,1H3. The van der Waals surface area contributed by atoms with Crippen molar-refractivity contribution in [1.82, 2.24) is 4.72 Å². The van der Waals surface area contributed by atoms with Crippen LogP contribution in [-0.2, 0) is 16.4 Å². The summed E-state index contributed by atoms with van der Waals surface area (Å²) in [6, 6.07) is 14.7. The van der Waals surface area contributed by atoms with Gasteiger partial charge < -0.3 is 0 Å². The summed E-state index contributed by atoms with van der Waals surface area (Å²) in [5, 5.41) is 0. The van der Waals surface area contributed by atoms with Crippen molar-refractivity contribution < 1.29 is 8.42 Å². The van der Waals surface area contributed by atoms with Crippen LogP contribution in [0.5, 0.6) is 0 Å². The van der Waals surface area contributed by atoms with E-state index in [4.69, 9.17) is 0 Å². The number of rotatable bonds is 5. The second kappa shape index (κ2) is 6.52. The molecule has 0 unspecified atom stereocenters. The van der Waals surface area contributed by atoms with Crippen LogP contribution in [0.15, 0.2) is 57.9 Å². The Balaban J connectivity index is 2.02. The summed E-state index contributed by atoms with van der Waals surface area (Å²) in [4.78, 5) is 0.275. The molecule has 2 aromatic carbocycles. The van der Waals surface area contributed by atoms with E-state index in [9.17, 15) is 8.42 Å². The first-order chi connectivity index (χ1) is 9.49. The van der Waals surface area contributed by atoms with E-state index < -0.39 is 10.0 Å². The van der Waals surface area contributed by atoms with E-state index in [2.05, 4.69) is 20.7 Å². The summed E-state index contributed by atoms with van der Waals surface area (Å²) in [7, 11) is -3.45. The Bertz CT molecular complexity index is 699. The lowest BCUT2D eigenvalue weighted by molar-refractivity contribution is 0.581. The highest BCUT2D eigenvalue weighted by atomic mass is 79.9. The van der Waals surface area contributed by atoms with E-state index in [1.807, 2.05) is 31.2 Å². The molecule has 0 atom stereocenters. The largest absolute Gasteiger partial charge is 0.240 e. The van der Waals surface area contributed by atoms with E-state index in [1.165, 1.54) is 5.56 Å². The SMILES string of the molecule is Cc1ccccc1CCNS(=O)(=O)c1cccc(Br)c1. The fourth-order valence-corrected chi connectivity index (χ4v) is 3.56. The summed E-state index contributed by atoms with van der Waals surface area (Å²) in [5.41, 5.74) is 2.33. The van der Waals surface area contributed by atoms with E-state index >= 15 is 0 Å². The molecule has 0 aliphatic heterocycles. The molecule has 0 fully saturated rings. The van der Waals surface area contributed by atoms with E-state index in [-0.39, 0.29) is 4.90 Å². The van der Waals surface area contributed by atoms with Gasteiger partial charge in [-0.05, 0) is 42.7 Å². The smallest absolute Gasteiger partial charge is 0.211 e. The predicted octanol–water partition coefficient (Wildman–Crippen LogP) is 3.28. The number of aryl methyl sites for hydroxylation is 1. The van der Waals surface area contributed by atoms with Crippen molar-refractivity contribution in [2.45, 2.75) is 18.2 Å². The predicted molar refractivity (Wildman–Crippen MR) is 84.2 cm³/mol. The van der Waals surface area contributed by atoms with Crippen molar-refractivity contribution in [2.75, 3.05) is 6.54 Å². The van der Waals surface area contributed by atoms with Gasteiger partial charge in [-0.2, -0.15) is 0 Å². The van der Waals surface area contributed by atoms with E-state index in [0.717, 1.165) is 10.0 Å². The molecule has 2 rings (SSSR count). The van der Waals surface area contributed by atoms with Crippen LogP contribution in [0.4, 0.5) is 0 Å². The number of benzene rings is 2. The van der Waals surface area contributed by atoms with E-state index in [0.29, 0.717) is 13.0 Å². The van der Waals surface area contributed by atoms with Crippen LogP contribution in [0.25, 0.3) is 0 Å². The van der Waals surface area contributed by atoms with Gasteiger partial charge in [-0.15, -0.1) is 0 Å². The third kappa shape index (κ3) is 3.91. The molecular formula is C15H16BrNO2S. The second-order valence-corrected chi connectivity index (χ2v) is 7.21. The van der Waals surface area contributed by atoms with Gasteiger partial charge in [0, 0.05) is 11.0 Å². The first kappa shape index (κ1) is 15.2. The lowest BCUT2D eigenvalue weighted by Gasteiger charge is -2.08. The van der Waals surface area contributed by atoms with Crippen molar-refractivity contribution in [2.24, 2.45) is 0 Å². The Kier molecular flexibility index (Phi) is 4.96.